The fourth-order valence-corrected chi connectivity index (χ4v) is 1.64. The van der Waals surface area contributed by atoms with Crippen LogP contribution >= 0.6 is 11.6 Å². The van der Waals surface area contributed by atoms with Gasteiger partial charge in [0, 0.05) is 18.1 Å². The summed E-state index contributed by atoms with van der Waals surface area (Å²) in [7, 11) is 1.33. The lowest BCUT2D eigenvalue weighted by atomic mass is 10.2. The van der Waals surface area contributed by atoms with Crippen LogP contribution in [0.15, 0.2) is 42.7 Å². The average molecular weight is 236 g/mol. The topological polar surface area (TPSA) is 31.2 Å². The first kappa shape index (κ1) is 10.8. The van der Waals surface area contributed by atoms with E-state index >= 15 is 0 Å². The summed E-state index contributed by atoms with van der Waals surface area (Å²) in [6.45, 7) is 0. The van der Waals surface area contributed by atoms with E-state index in [-0.39, 0.29) is 0 Å². The fraction of sp³-hybridized carbons (Fsp3) is 0.0833. The summed E-state index contributed by atoms with van der Waals surface area (Å²) in [5.41, 5.74) is 1.24. The monoisotopic (exact) mass is 235 g/mol. The van der Waals surface area contributed by atoms with Gasteiger partial charge < -0.3 is 9.30 Å². The first-order valence-corrected chi connectivity index (χ1v) is 5.11. The van der Waals surface area contributed by atoms with Crippen LogP contribution in [0.25, 0.3) is 5.69 Å². The normalized spacial score (nSPS) is 10.1. The Kier molecular flexibility index (Phi) is 2.97. The van der Waals surface area contributed by atoms with Crippen molar-refractivity contribution < 1.29 is 9.53 Å². The van der Waals surface area contributed by atoms with Crippen LogP contribution in [0.4, 0.5) is 0 Å². The van der Waals surface area contributed by atoms with Crippen LogP contribution in [0.1, 0.15) is 10.4 Å². The van der Waals surface area contributed by atoms with Crippen LogP contribution in [0.2, 0.25) is 5.02 Å². The van der Waals surface area contributed by atoms with Crippen LogP contribution in [-0.4, -0.2) is 17.6 Å². The zero-order chi connectivity index (χ0) is 11.5. The summed E-state index contributed by atoms with van der Waals surface area (Å²) in [6, 6.07) is 9.05. The predicted octanol–water partition coefficient (Wildman–Crippen LogP) is 2.92. The maximum Gasteiger partial charge on any atom is 0.339 e. The Morgan fingerprint density at radius 3 is 2.62 bits per heavy atom. The quantitative estimate of drug-likeness (QED) is 0.750. The molecule has 82 valence electrons. The molecule has 0 saturated carbocycles. The van der Waals surface area contributed by atoms with Gasteiger partial charge in [0.2, 0.25) is 0 Å². The Bertz CT molecular complexity index is 506. The second-order valence-electron chi connectivity index (χ2n) is 3.25. The van der Waals surface area contributed by atoms with Gasteiger partial charge in [0.25, 0.3) is 0 Å². The van der Waals surface area contributed by atoms with Crippen LogP contribution < -0.4 is 0 Å². The Morgan fingerprint density at radius 2 is 2.00 bits per heavy atom. The molecule has 16 heavy (non-hydrogen) atoms. The number of benzene rings is 1. The van der Waals surface area contributed by atoms with Gasteiger partial charge in [0.1, 0.15) is 0 Å². The van der Waals surface area contributed by atoms with Crippen LogP contribution in [0, 0.1) is 0 Å². The van der Waals surface area contributed by atoms with Crippen LogP contribution in [-0.2, 0) is 4.74 Å². The van der Waals surface area contributed by atoms with Crippen molar-refractivity contribution in [2.24, 2.45) is 0 Å². The molecular formula is C12H10ClNO2. The molecular weight excluding hydrogens is 226 g/mol. The molecule has 3 nitrogen and oxygen atoms in total. The number of rotatable bonds is 2. The largest absolute Gasteiger partial charge is 0.465 e. The first-order chi connectivity index (χ1) is 7.72. The van der Waals surface area contributed by atoms with E-state index in [0.717, 1.165) is 5.69 Å². The molecule has 0 radical (unpaired) electrons. The average Bonchev–Trinajstić information content (AvgIpc) is 2.82. The number of methoxy groups -OCH3 is 1. The van der Waals surface area contributed by atoms with Crippen molar-refractivity contribution in [2.45, 2.75) is 0 Å². The molecule has 0 aliphatic rings. The van der Waals surface area contributed by atoms with Crippen molar-refractivity contribution in [2.75, 3.05) is 7.11 Å². The number of ether oxygens (including phenoxy) is 1. The third-order valence-electron chi connectivity index (χ3n) is 2.26. The summed E-state index contributed by atoms with van der Waals surface area (Å²) >= 11 is 5.92. The van der Waals surface area contributed by atoms with Crippen LogP contribution in [0.5, 0.6) is 0 Å². The maximum atomic E-state index is 11.4. The summed E-state index contributed by atoms with van der Waals surface area (Å²) in [4.78, 5) is 11.4. The molecule has 0 aliphatic heterocycles. The molecule has 0 aliphatic carbocycles. The van der Waals surface area contributed by atoms with Gasteiger partial charge in [0.05, 0.1) is 17.7 Å². The zero-order valence-corrected chi connectivity index (χ0v) is 9.44. The Morgan fingerprint density at radius 1 is 1.31 bits per heavy atom. The molecule has 0 saturated heterocycles. The number of hydrogen-bond acceptors (Lipinski definition) is 2. The van der Waals surface area contributed by atoms with E-state index in [1.54, 1.807) is 12.1 Å². The smallest absolute Gasteiger partial charge is 0.339 e. The number of esters is 1. The van der Waals surface area contributed by atoms with E-state index in [2.05, 4.69) is 4.74 Å². The summed E-state index contributed by atoms with van der Waals surface area (Å²) in [5.74, 6) is -0.431. The molecule has 4 heteroatoms. The minimum absolute atomic E-state index is 0.371. The van der Waals surface area contributed by atoms with Crippen molar-refractivity contribution in [1.82, 2.24) is 4.57 Å². The highest BCUT2D eigenvalue weighted by molar-refractivity contribution is 6.33. The Balaban J connectivity index is 2.47. The van der Waals surface area contributed by atoms with E-state index in [1.807, 2.05) is 35.2 Å². The van der Waals surface area contributed by atoms with E-state index in [4.69, 9.17) is 11.6 Å². The predicted molar refractivity (Wildman–Crippen MR) is 62.1 cm³/mol. The van der Waals surface area contributed by atoms with Crippen LogP contribution in [0.3, 0.4) is 0 Å². The molecule has 0 spiro atoms. The third-order valence-corrected chi connectivity index (χ3v) is 2.59. The van der Waals surface area contributed by atoms with E-state index in [1.165, 1.54) is 7.11 Å². The molecule has 0 amide bonds. The number of carbonyl (C=O) groups is 1. The van der Waals surface area contributed by atoms with Gasteiger partial charge in [0.15, 0.2) is 0 Å². The van der Waals surface area contributed by atoms with Crippen molar-refractivity contribution in [3.8, 4) is 5.69 Å². The van der Waals surface area contributed by atoms with Crippen molar-refractivity contribution >= 4 is 17.6 Å². The van der Waals surface area contributed by atoms with E-state index in [0.29, 0.717) is 10.6 Å². The molecule has 1 heterocycles. The lowest BCUT2D eigenvalue weighted by Gasteiger charge is -2.06. The first-order valence-electron chi connectivity index (χ1n) is 4.73. The zero-order valence-electron chi connectivity index (χ0n) is 8.68. The molecule has 0 bridgehead atoms. The highest BCUT2D eigenvalue weighted by Crippen LogP contribution is 2.20. The van der Waals surface area contributed by atoms with Gasteiger partial charge in [-0.3, -0.25) is 0 Å². The van der Waals surface area contributed by atoms with E-state index < -0.39 is 5.97 Å². The minimum atomic E-state index is -0.431. The van der Waals surface area contributed by atoms with E-state index in [9.17, 15) is 4.79 Å². The Labute approximate surface area is 98.2 Å². The number of hydrogen-bond donors (Lipinski definition) is 0. The standard InChI is InChI=1S/C12H10ClNO2/c1-16-12(15)10-8-9(4-5-11(10)13)14-6-2-3-7-14/h2-8H,1H3. The van der Waals surface area contributed by atoms with Gasteiger partial charge in [-0.1, -0.05) is 11.6 Å². The molecule has 2 aromatic rings. The number of halogens is 1. The van der Waals surface area contributed by atoms with Gasteiger partial charge in [-0.2, -0.15) is 0 Å². The SMILES string of the molecule is COC(=O)c1cc(-n2cccc2)ccc1Cl. The minimum Gasteiger partial charge on any atom is -0.465 e. The van der Waals surface area contributed by atoms with Crippen molar-refractivity contribution in [3.63, 3.8) is 0 Å². The lowest BCUT2D eigenvalue weighted by molar-refractivity contribution is 0.0601. The van der Waals surface area contributed by atoms with Crippen molar-refractivity contribution in [3.05, 3.63) is 53.3 Å². The highest BCUT2D eigenvalue weighted by atomic mass is 35.5. The molecule has 0 N–H and O–H groups in total. The van der Waals surface area contributed by atoms with Crippen molar-refractivity contribution in [1.29, 1.82) is 0 Å². The second-order valence-corrected chi connectivity index (χ2v) is 3.65. The van der Waals surface area contributed by atoms with Gasteiger partial charge >= 0.3 is 5.97 Å². The van der Waals surface area contributed by atoms with Gasteiger partial charge in [-0.05, 0) is 30.3 Å². The summed E-state index contributed by atoms with van der Waals surface area (Å²) in [6.07, 6.45) is 3.79. The molecule has 0 fully saturated rings. The fourth-order valence-electron chi connectivity index (χ4n) is 1.45. The number of nitrogens with zero attached hydrogens (tertiary/aromatic N) is 1. The molecule has 2 rings (SSSR count). The second kappa shape index (κ2) is 4.41. The lowest BCUT2D eigenvalue weighted by Crippen LogP contribution is -2.03. The molecule has 1 aromatic heterocycles. The molecule has 1 aromatic carbocycles. The number of aromatic nitrogens is 1. The Hall–Kier alpha value is -1.74. The maximum absolute atomic E-state index is 11.4. The summed E-state index contributed by atoms with van der Waals surface area (Å²) in [5, 5.41) is 0.391. The highest BCUT2D eigenvalue weighted by Gasteiger charge is 2.11. The molecule has 0 atom stereocenters. The van der Waals surface area contributed by atoms with Gasteiger partial charge in [-0.15, -0.1) is 0 Å². The number of carbonyl (C=O) groups excluding carboxylic acids is 1. The van der Waals surface area contributed by atoms with Gasteiger partial charge in [-0.25, -0.2) is 4.79 Å². The third kappa shape index (κ3) is 1.95. The summed E-state index contributed by atoms with van der Waals surface area (Å²) < 4.78 is 6.55. The molecule has 0 unspecified atom stereocenters.